The Morgan fingerprint density at radius 1 is 1.10 bits per heavy atom. The van der Waals surface area contributed by atoms with Gasteiger partial charge in [-0.3, -0.25) is 4.79 Å². The lowest BCUT2D eigenvalue weighted by molar-refractivity contribution is -0.117. The molecule has 1 atom stereocenters. The van der Waals surface area contributed by atoms with Crippen LogP contribution in [0.5, 0.6) is 5.75 Å². The van der Waals surface area contributed by atoms with Crippen molar-refractivity contribution in [1.29, 1.82) is 0 Å². The molecule has 0 aliphatic carbocycles. The van der Waals surface area contributed by atoms with Gasteiger partial charge in [0.25, 0.3) is 0 Å². The monoisotopic (exact) mass is 391 g/mol. The Balaban J connectivity index is 1.40. The third-order valence-corrected chi connectivity index (χ3v) is 5.56. The van der Waals surface area contributed by atoms with Gasteiger partial charge in [0, 0.05) is 31.0 Å². The van der Waals surface area contributed by atoms with Crippen LogP contribution in [0.4, 0.5) is 5.69 Å². The minimum atomic E-state index is -0.0393. The number of methoxy groups -OCH3 is 1. The van der Waals surface area contributed by atoms with E-state index in [2.05, 4.69) is 36.1 Å². The predicted molar refractivity (Wildman–Crippen MR) is 110 cm³/mol. The van der Waals surface area contributed by atoms with Crippen LogP contribution in [0.25, 0.3) is 0 Å². The summed E-state index contributed by atoms with van der Waals surface area (Å²) < 4.78 is 10.6. The lowest BCUT2D eigenvalue weighted by Gasteiger charge is -2.17. The van der Waals surface area contributed by atoms with Crippen molar-refractivity contribution in [3.63, 3.8) is 0 Å². The molecule has 1 amide bonds. The van der Waals surface area contributed by atoms with Crippen molar-refractivity contribution < 1.29 is 14.1 Å². The first-order valence-electron chi connectivity index (χ1n) is 9.86. The van der Waals surface area contributed by atoms with Gasteiger partial charge in [0.05, 0.1) is 7.11 Å². The Labute approximate surface area is 170 Å². The van der Waals surface area contributed by atoms with Crippen molar-refractivity contribution in [3.05, 3.63) is 70.9 Å². The van der Waals surface area contributed by atoms with E-state index in [0.717, 1.165) is 17.9 Å². The van der Waals surface area contributed by atoms with Crippen LogP contribution in [0.3, 0.4) is 0 Å². The maximum atomic E-state index is 12.6. The first kappa shape index (κ1) is 19.2. The van der Waals surface area contributed by atoms with Gasteiger partial charge in [-0.15, -0.1) is 0 Å². The molecule has 1 aromatic heterocycles. The van der Waals surface area contributed by atoms with Crippen molar-refractivity contribution >= 4 is 11.6 Å². The Hall–Kier alpha value is -3.15. The minimum absolute atomic E-state index is 0.0393. The number of aromatic nitrogens is 2. The van der Waals surface area contributed by atoms with E-state index in [1.807, 2.05) is 35.2 Å². The number of anilines is 1. The van der Waals surface area contributed by atoms with E-state index in [1.165, 1.54) is 16.7 Å². The van der Waals surface area contributed by atoms with Crippen LogP contribution in [-0.4, -0.2) is 29.7 Å². The third-order valence-electron chi connectivity index (χ3n) is 5.56. The molecule has 3 aromatic rings. The number of aryl methyl sites for hydroxylation is 4. The second-order valence-corrected chi connectivity index (χ2v) is 7.57. The third kappa shape index (κ3) is 4.16. The lowest BCUT2D eigenvalue weighted by Crippen LogP contribution is -2.24. The van der Waals surface area contributed by atoms with Gasteiger partial charge in [0.2, 0.25) is 11.8 Å². The quantitative estimate of drug-likeness (QED) is 0.635. The van der Waals surface area contributed by atoms with Crippen molar-refractivity contribution in [1.82, 2.24) is 10.1 Å². The molecular formula is C23H25N3O3. The van der Waals surface area contributed by atoms with Crippen LogP contribution >= 0.6 is 0 Å². The normalized spacial score (nSPS) is 16.4. The van der Waals surface area contributed by atoms with Crippen LogP contribution in [0, 0.1) is 13.8 Å². The Bertz CT molecular complexity index is 1010. The van der Waals surface area contributed by atoms with Gasteiger partial charge in [-0.25, -0.2) is 0 Å². The highest BCUT2D eigenvalue weighted by molar-refractivity contribution is 5.96. The average molecular weight is 391 g/mol. The van der Waals surface area contributed by atoms with Crippen LogP contribution in [-0.2, 0) is 17.6 Å². The molecule has 1 fully saturated rings. The maximum absolute atomic E-state index is 12.6. The number of carbonyl (C=O) groups is 1. The first-order valence-corrected chi connectivity index (χ1v) is 9.86. The zero-order chi connectivity index (χ0) is 20.4. The van der Waals surface area contributed by atoms with Crippen molar-refractivity contribution in [3.8, 4) is 5.75 Å². The standard InChI is InChI=1S/C23H25N3O3/c1-15-4-8-19(12-16(15)2)26-14-18(13-22(26)27)23-24-21(29-25-23)11-7-17-5-9-20(28-3)10-6-17/h4-6,8-10,12,18H,7,11,13-14H2,1-3H3. The summed E-state index contributed by atoms with van der Waals surface area (Å²) in [7, 11) is 1.66. The summed E-state index contributed by atoms with van der Waals surface area (Å²) in [5.74, 6) is 2.13. The molecule has 150 valence electrons. The van der Waals surface area contributed by atoms with E-state index >= 15 is 0 Å². The van der Waals surface area contributed by atoms with E-state index < -0.39 is 0 Å². The molecule has 1 unspecified atom stereocenters. The molecular weight excluding hydrogens is 366 g/mol. The number of amides is 1. The van der Waals surface area contributed by atoms with Crippen molar-refractivity contribution in [2.45, 2.75) is 39.0 Å². The molecule has 6 nitrogen and oxygen atoms in total. The molecule has 29 heavy (non-hydrogen) atoms. The van der Waals surface area contributed by atoms with Crippen LogP contribution in [0.2, 0.25) is 0 Å². The number of benzene rings is 2. The smallest absolute Gasteiger partial charge is 0.227 e. The highest BCUT2D eigenvalue weighted by Gasteiger charge is 2.34. The number of carbonyl (C=O) groups excluding carboxylic acids is 1. The van der Waals surface area contributed by atoms with Crippen LogP contribution < -0.4 is 9.64 Å². The van der Waals surface area contributed by atoms with E-state index in [-0.39, 0.29) is 11.8 Å². The molecule has 1 saturated heterocycles. The molecule has 2 aromatic carbocycles. The Morgan fingerprint density at radius 2 is 1.90 bits per heavy atom. The summed E-state index contributed by atoms with van der Waals surface area (Å²) in [5, 5.41) is 4.15. The zero-order valence-electron chi connectivity index (χ0n) is 17.0. The highest BCUT2D eigenvalue weighted by Crippen LogP contribution is 2.31. The second kappa shape index (κ2) is 8.07. The van der Waals surface area contributed by atoms with Crippen LogP contribution in [0.1, 0.15) is 40.7 Å². The fraction of sp³-hybridized carbons (Fsp3) is 0.348. The van der Waals surface area contributed by atoms with Gasteiger partial charge in [-0.2, -0.15) is 4.98 Å². The minimum Gasteiger partial charge on any atom is -0.497 e. The number of rotatable bonds is 6. The van der Waals surface area contributed by atoms with Gasteiger partial charge in [-0.05, 0) is 61.2 Å². The van der Waals surface area contributed by atoms with Gasteiger partial charge in [0.15, 0.2) is 5.82 Å². The fourth-order valence-corrected chi connectivity index (χ4v) is 3.60. The summed E-state index contributed by atoms with van der Waals surface area (Å²) in [5.41, 5.74) is 4.52. The lowest BCUT2D eigenvalue weighted by atomic mass is 10.1. The van der Waals surface area contributed by atoms with E-state index in [0.29, 0.717) is 31.1 Å². The molecule has 1 aliphatic heterocycles. The zero-order valence-corrected chi connectivity index (χ0v) is 17.0. The molecule has 1 aliphatic rings. The van der Waals surface area contributed by atoms with Crippen molar-refractivity contribution in [2.75, 3.05) is 18.6 Å². The molecule has 4 rings (SSSR count). The molecule has 0 N–H and O–H groups in total. The number of nitrogens with zero attached hydrogens (tertiary/aromatic N) is 3. The Morgan fingerprint density at radius 3 is 2.62 bits per heavy atom. The SMILES string of the molecule is COc1ccc(CCc2nc(C3CC(=O)N(c4ccc(C)c(C)c4)C3)no2)cc1. The molecule has 0 radical (unpaired) electrons. The number of ether oxygens (including phenoxy) is 1. The molecule has 2 heterocycles. The van der Waals surface area contributed by atoms with E-state index in [4.69, 9.17) is 9.26 Å². The van der Waals surface area contributed by atoms with Crippen LogP contribution in [0.15, 0.2) is 47.0 Å². The second-order valence-electron chi connectivity index (χ2n) is 7.57. The molecule has 0 spiro atoms. The summed E-state index contributed by atoms with van der Waals surface area (Å²) in [6, 6.07) is 14.1. The summed E-state index contributed by atoms with van der Waals surface area (Å²) >= 11 is 0. The van der Waals surface area contributed by atoms with Gasteiger partial charge < -0.3 is 14.2 Å². The molecule has 6 heteroatoms. The largest absolute Gasteiger partial charge is 0.497 e. The predicted octanol–water partition coefficient (Wildman–Crippen LogP) is 4.00. The topological polar surface area (TPSA) is 68.5 Å². The fourth-order valence-electron chi connectivity index (χ4n) is 3.60. The van der Waals surface area contributed by atoms with Gasteiger partial charge >= 0.3 is 0 Å². The molecule has 0 saturated carbocycles. The summed E-state index contributed by atoms with van der Waals surface area (Å²) in [4.78, 5) is 18.9. The Kier molecular flexibility index (Phi) is 5.34. The highest BCUT2D eigenvalue weighted by atomic mass is 16.5. The van der Waals surface area contributed by atoms with E-state index in [1.54, 1.807) is 7.11 Å². The first-order chi connectivity index (χ1) is 14.0. The summed E-state index contributed by atoms with van der Waals surface area (Å²) in [6.45, 7) is 4.71. The molecule has 0 bridgehead atoms. The average Bonchev–Trinajstić information content (AvgIpc) is 3.35. The van der Waals surface area contributed by atoms with Gasteiger partial charge in [-0.1, -0.05) is 23.4 Å². The van der Waals surface area contributed by atoms with Gasteiger partial charge in [0.1, 0.15) is 5.75 Å². The van der Waals surface area contributed by atoms with Crippen molar-refractivity contribution in [2.24, 2.45) is 0 Å². The number of hydrogen-bond acceptors (Lipinski definition) is 5. The number of hydrogen-bond donors (Lipinski definition) is 0. The summed E-state index contributed by atoms with van der Waals surface area (Å²) in [6.07, 6.45) is 1.88. The van der Waals surface area contributed by atoms with E-state index in [9.17, 15) is 4.79 Å². The maximum Gasteiger partial charge on any atom is 0.227 e.